The Balaban J connectivity index is 1.58. The van der Waals surface area contributed by atoms with Crippen molar-refractivity contribution in [1.29, 1.82) is 0 Å². The molecule has 0 saturated heterocycles. The van der Waals surface area contributed by atoms with Gasteiger partial charge in [-0.2, -0.15) is 17.5 Å². The molecule has 3 N–H and O–H groups in total. The highest BCUT2D eigenvalue weighted by atomic mass is 32.2. The fourth-order valence-corrected chi connectivity index (χ4v) is 7.06. The van der Waals surface area contributed by atoms with Crippen LogP contribution in [0.1, 0.15) is 25.0 Å². The fraction of sp³-hybridized carbons (Fsp3) is 0.379. The molecule has 44 heavy (non-hydrogen) atoms. The lowest BCUT2D eigenvalue weighted by Gasteiger charge is -2.33. The van der Waals surface area contributed by atoms with Gasteiger partial charge in [0, 0.05) is 36.4 Å². The number of sulfonamides is 1. The summed E-state index contributed by atoms with van der Waals surface area (Å²) in [6, 6.07) is 10.5. The van der Waals surface area contributed by atoms with Crippen molar-refractivity contribution in [2.75, 3.05) is 37.4 Å². The predicted molar refractivity (Wildman–Crippen MR) is 160 cm³/mol. The molecule has 3 atom stereocenters. The Kier molecular flexibility index (Phi) is 10.2. The van der Waals surface area contributed by atoms with Crippen molar-refractivity contribution in [3.05, 3.63) is 71.1 Å². The molecule has 0 unspecified atom stereocenters. The third-order valence-electron chi connectivity index (χ3n) is 7.24. The maximum atomic E-state index is 13.4. The highest BCUT2D eigenvalue weighted by Crippen LogP contribution is 2.31. The Morgan fingerprint density at radius 3 is 2.43 bits per heavy atom. The number of carbonyl (C=O) groups is 2. The standard InChI is InChI=1S/C29H33F3N4O6S2/c1-18-15-36(19(2)17-37)26(38)14-20-13-23(34-28(39)33-22-8-6-21(7-9-22)29(30,31)32)10-11-24(20)42-25(18)16-35(3)44(40,41)27-5-4-12-43-27/h4-13,18-19,25,37H,14-17H2,1-3H3,(H2,33,34,39)/t18-,19+,25+/m1/s1. The third kappa shape index (κ3) is 7.88. The van der Waals surface area contributed by atoms with E-state index in [4.69, 9.17) is 4.74 Å². The van der Waals surface area contributed by atoms with Crippen LogP contribution in [0.25, 0.3) is 0 Å². The number of benzene rings is 2. The van der Waals surface area contributed by atoms with Crippen LogP contribution in [0.15, 0.2) is 64.2 Å². The maximum absolute atomic E-state index is 13.4. The number of urea groups is 1. The van der Waals surface area contributed by atoms with Crippen LogP contribution in [-0.4, -0.2) is 73.6 Å². The summed E-state index contributed by atoms with van der Waals surface area (Å²) in [5.74, 6) is -0.314. The van der Waals surface area contributed by atoms with E-state index in [9.17, 15) is 36.3 Å². The molecule has 0 bridgehead atoms. The number of likely N-dealkylation sites (N-methyl/N-ethyl adjacent to an activating group) is 1. The Bertz CT molecular complexity index is 1570. The Morgan fingerprint density at radius 2 is 1.82 bits per heavy atom. The first-order chi connectivity index (χ1) is 20.7. The molecule has 4 rings (SSSR count). The quantitative estimate of drug-likeness (QED) is 0.318. The largest absolute Gasteiger partial charge is 0.488 e. The van der Waals surface area contributed by atoms with E-state index in [2.05, 4.69) is 10.6 Å². The number of fused-ring (bicyclic) bond motifs is 1. The number of nitrogens with zero attached hydrogens (tertiary/aromatic N) is 2. The summed E-state index contributed by atoms with van der Waals surface area (Å²) < 4.78 is 72.6. The molecule has 0 radical (unpaired) electrons. The summed E-state index contributed by atoms with van der Waals surface area (Å²) in [6.45, 7) is 3.44. The van der Waals surface area contributed by atoms with Gasteiger partial charge in [-0.3, -0.25) is 4.79 Å². The van der Waals surface area contributed by atoms with E-state index in [1.807, 2.05) is 6.92 Å². The normalized spacial score (nSPS) is 18.5. The van der Waals surface area contributed by atoms with Gasteiger partial charge in [-0.15, -0.1) is 11.3 Å². The molecule has 0 saturated carbocycles. The number of hydrogen-bond donors (Lipinski definition) is 3. The smallest absolute Gasteiger partial charge is 0.416 e. The average Bonchev–Trinajstić information content (AvgIpc) is 3.52. The van der Waals surface area contributed by atoms with E-state index < -0.39 is 39.9 Å². The molecular weight excluding hydrogens is 621 g/mol. The van der Waals surface area contributed by atoms with Crippen LogP contribution in [0.5, 0.6) is 5.75 Å². The first-order valence-electron chi connectivity index (χ1n) is 13.6. The molecule has 2 aromatic carbocycles. The van der Waals surface area contributed by atoms with Gasteiger partial charge in [0.1, 0.15) is 16.1 Å². The predicted octanol–water partition coefficient (Wildman–Crippen LogP) is 4.88. The lowest BCUT2D eigenvalue weighted by Crippen LogP contribution is -2.48. The van der Waals surface area contributed by atoms with E-state index in [0.717, 1.165) is 35.6 Å². The van der Waals surface area contributed by atoms with Crippen molar-refractivity contribution in [3.8, 4) is 5.75 Å². The van der Waals surface area contributed by atoms with Gasteiger partial charge in [-0.05, 0) is 60.8 Å². The second-order valence-corrected chi connectivity index (χ2v) is 13.8. The molecular formula is C29H33F3N4O6S2. The SMILES string of the molecule is C[C@@H]1CN([C@@H](C)CO)C(=O)Cc2cc(NC(=O)Nc3ccc(C(F)(F)F)cc3)ccc2O[C@H]1CN(C)S(=O)(=O)c1cccs1. The second-order valence-electron chi connectivity index (χ2n) is 10.6. The number of ether oxygens (including phenoxy) is 1. The molecule has 1 aliphatic rings. The first kappa shape index (κ1) is 33.2. The lowest BCUT2D eigenvalue weighted by atomic mass is 10.0. The molecule has 238 valence electrons. The first-order valence-corrected chi connectivity index (χ1v) is 16.0. The van der Waals surface area contributed by atoms with Crippen molar-refractivity contribution in [1.82, 2.24) is 9.21 Å². The van der Waals surface area contributed by atoms with Crippen molar-refractivity contribution in [2.24, 2.45) is 5.92 Å². The van der Waals surface area contributed by atoms with Crippen LogP contribution >= 0.6 is 11.3 Å². The summed E-state index contributed by atoms with van der Waals surface area (Å²) in [4.78, 5) is 27.6. The van der Waals surface area contributed by atoms with E-state index in [0.29, 0.717) is 11.3 Å². The highest BCUT2D eigenvalue weighted by Gasteiger charge is 2.34. The molecule has 0 fully saturated rings. The molecule has 1 aliphatic heterocycles. The van der Waals surface area contributed by atoms with Crippen LogP contribution < -0.4 is 15.4 Å². The van der Waals surface area contributed by atoms with Crippen molar-refractivity contribution in [3.63, 3.8) is 0 Å². The summed E-state index contributed by atoms with van der Waals surface area (Å²) in [5.41, 5.74) is -0.00469. The van der Waals surface area contributed by atoms with E-state index in [1.165, 1.54) is 28.4 Å². The minimum absolute atomic E-state index is 0.0219. The highest BCUT2D eigenvalue weighted by molar-refractivity contribution is 7.91. The third-order valence-corrected chi connectivity index (χ3v) is 10.4. The minimum Gasteiger partial charge on any atom is -0.488 e. The number of aliphatic hydroxyl groups excluding tert-OH is 1. The topological polar surface area (TPSA) is 128 Å². The monoisotopic (exact) mass is 654 g/mol. The molecule has 3 amide bonds. The van der Waals surface area contributed by atoms with Gasteiger partial charge in [0.25, 0.3) is 10.0 Å². The number of hydrogen-bond acceptors (Lipinski definition) is 7. The van der Waals surface area contributed by atoms with Gasteiger partial charge in [-0.1, -0.05) is 13.0 Å². The molecule has 15 heteroatoms. The number of alkyl halides is 3. The van der Waals surface area contributed by atoms with Crippen LogP contribution in [0.2, 0.25) is 0 Å². The van der Waals surface area contributed by atoms with Gasteiger partial charge in [-0.25, -0.2) is 13.2 Å². The van der Waals surface area contributed by atoms with Gasteiger partial charge >= 0.3 is 12.2 Å². The summed E-state index contributed by atoms with van der Waals surface area (Å²) >= 11 is 1.10. The van der Waals surface area contributed by atoms with Crippen LogP contribution in [0.4, 0.5) is 29.3 Å². The van der Waals surface area contributed by atoms with Crippen LogP contribution in [0.3, 0.4) is 0 Å². The van der Waals surface area contributed by atoms with Gasteiger partial charge in [0.15, 0.2) is 0 Å². The van der Waals surface area contributed by atoms with Gasteiger partial charge in [0.05, 0.1) is 31.2 Å². The zero-order chi connectivity index (χ0) is 32.2. The number of anilines is 2. The molecule has 10 nitrogen and oxygen atoms in total. The van der Waals surface area contributed by atoms with E-state index in [-0.39, 0.29) is 53.5 Å². The summed E-state index contributed by atoms with van der Waals surface area (Å²) in [6.07, 6.45) is -5.32. The molecule has 2 heterocycles. The number of thiophene rings is 1. The Labute approximate surface area is 257 Å². The summed E-state index contributed by atoms with van der Waals surface area (Å²) in [7, 11) is -2.33. The number of aliphatic hydroxyl groups is 1. The second kappa shape index (κ2) is 13.5. The molecule has 1 aromatic heterocycles. The maximum Gasteiger partial charge on any atom is 0.416 e. The van der Waals surface area contributed by atoms with Gasteiger partial charge < -0.3 is 25.4 Å². The summed E-state index contributed by atoms with van der Waals surface area (Å²) in [5, 5.41) is 16.6. The zero-order valence-corrected chi connectivity index (χ0v) is 25.8. The number of carbonyl (C=O) groups excluding carboxylic acids is 2. The van der Waals surface area contributed by atoms with Gasteiger partial charge in [0.2, 0.25) is 5.91 Å². The van der Waals surface area contributed by atoms with E-state index in [1.54, 1.807) is 30.5 Å². The number of halogens is 3. The van der Waals surface area contributed by atoms with Crippen molar-refractivity contribution < 1.29 is 41.0 Å². The molecule has 0 aliphatic carbocycles. The van der Waals surface area contributed by atoms with Crippen LogP contribution in [-0.2, 0) is 27.4 Å². The Morgan fingerprint density at radius 1 is 1.16 bits per heavy atom. The van der Waals surface area contributed by atoms with Crippen molar-refractivity contribution >= 4 is 44.7 Å². The number of amides is 3. The average molecular weight is 655 g/mol. The lowest BCUT2D eigenvalue weighted by molar-refractivity contribution is -0.137. The fourth-order valence-electron chi connectivity index (χ4n) is 4.68. The molecule has 0 spiro atoms. The minimum atomic E-state index is -4.50. The Hall–Kier alpha value is -3.66. The molecule has 3 aromatic rings. The zero-order valence-electron chi connectivity index (χ0n) is 24.2. The van der Waals surface area contributed by atoms with Crippen LogP contribution in [0, 0.1) is 5.92 Å². The van der Waals surface area contributed by atoms with Crippen molar-refractivity contribution in [2.45, 2.75) is 42.8 Å². The number of nitrogens with one attached hydrogen (secondary N) is 2. The van der Waals surface area contributed by atoms with E-state index >= 15 is 0 Å². The number of rotatable bonds is 8.